The van der Waals surface area contributed by atoms with Gasteiger partial charge < -0.3 is 4.18 Å². The number of hydrogen-bond acceptors (Lipinski definition) is 5. The van der Waals surface area contributed by atoms with E-state index in [0.29, 0.717) is 5.41 Å². The van der Waals surface area contributed by atoms with Crippen molar-refractivity contribution in [3.05, 3.63) is 28.8 Å². The molecule has 2 fully saturated rings. The predicted molar refractivity (Wildman–Crippen MR) is 104 cm³/mol. The third-order valence-corrected chi connectivity index (χ3v) is 8.33. The van der Waals surface area contributed by atoms with Crippen molar-refractivity contribution in [2.45, 2.75) is 71.6 Å². The summed E-state index contributed by atoms with van der Waals surface area (Å²) in [4.78, 5) is 4.12. The lowest BCUT2D eigenvalue weighted by Gasteiger charge is -2.50. The molecule has 4 nitrogen and oxygen atoms in total. The molecule has 5 heteroatoms. The Kier molecular flexibility index (Phi) is 5.26. The highest BCUT2D eigenvalue weighted by Crippen LogP contribution is 2.63. The van der Waals surface area contributed by atoms with Crippen LogP contribution in [0.15, 0.2) is 12.1 Å². The van der Waals surface area contributed by atoms with Crippen LogP contribution in [0.25, 0.3) is 0 Å². The molecule has 0 spiro atoms. The first-order valence-corrected chi connectivity index (χ1v) is 10.8. The Hall–Kier alpha value is -0.750. The SMILES string of the molecule is CCc1cc2c(cc1OSOON)CC[C@@H]1[C@@H]2CC[C@]2(C)[C@@H](C)CC[C@@H]12. The molecule has 3 aliphatic rings. The third kappa shape index (κ3) is 2.97. The van der Waals surface area contributed by atoms with E-state index in [1.165, 1.54) is 43.2 Å². The van der Waals surface area contributed by atoms with E-state index in [1.54, 1.807) is 5.56 Å². The van der Waals surface area contributed by atoms with Crippen molar-refractivity contribution in [3.8, 4) is 5.75 Å². The smallest absolute Gasteiger partial charge is 0.260 e. The first-order chi connectivity index (χ1) is 12.6. The molecule has 1 aromatic carbocycles. The van der Waals surface area contributed by atoms with E-state index >= 15 is 0 Å². The summed E-state index contributed by atoms with van der Waals surface area (Å²) in [5, 5.41) is 0. The zero-order valence-electron chi connectivity index (χ0n) is 16.1. The molecule has 0 amide bonds. The van der Waals surface area contributed by atoms with Gasteiger partial charge in [0.15, 0.2) is 0 Å². The Balaban J connectivity index is 1.62. The molecule has 4 rings (SSSR count). The molecule has 2 N–H and O–H groups in total. The largest absolute Gasteiger partial charge is 0.398 e. The number of fused-ring (bicyclic) bond motifs is 5. The number of hydrogen-bond donors (Lipinski definition) is 1. The first-order valence-electron chi connectivity index (χ1n) is 10.1. The van der Waals surface area contributed by atoms with E-state index in [9.17, 15) is 0 Å². The molecule has 0 unspecified atom stereocenters. The normalized spacial score (nSPS) is 35.5. The van der Waals surface area contributed by atoms with E-state index in [0.717, 1.165) is 54.6 Å². The van der Waals surface area contributed by atoms with Crippen LogP contribution in [-0.4, -0.2) is 0 Å². The zero-order chi connectivity index (χ0) is 18.3. The van der Waals surface area contributed by atoms with Gasteiger partial charge in [-0.2, -0.15) is 5.90 Å². The number of rotatable bonds is 5. The van der Waals surface area contributed by atoms with Crippen LogP contribution in [0.5, 0.6) is 5.75 Å². The summed E-state index contributed by atoms with van der Waals surface area (Å²) in [5.41, 5.74) is 4.87. The van der Waals surface area contributed by atoms with Crippen molar-refractivity contribution in [2.24, 2.45) is 29.1 Å². The maximum absolute atomic E-state index is 5.66. The van der Waals surface area contributed by atoms with Crippen LogP contribution in [0, 0.1) is 23.2 Å². The van der Waals surface area contributed by atoms with Gasteiger partial charge in [-0.25, -0.2) is 0 Å². The minimum atomic E-state index is 0.575. The Morgan fingerprint density at radius 2 is 2.08 bits per heavy atom. The Bertz CT molecular complexity index is 667. The van der Waals surface area contributed by atoms with Crippen LogP contribution >= 0.6 is 12.3 Å². The van der Waals surface area contributed by atoms with Gasteiger partial charge in [-0.15, -0.1) is 9.32 Å². The van der Waals surface area contributed by atoms with Gasteiger partial charge in [0.2, 0.25) is 0 Å². The quantitative estimate of drug-likeness (QED) is 0.317. The van der Waals surface area contributed by atoms with Crippen LogP contribution in [0.3, 0.4) is 0 Å². The number of benzene rings is 1. The molecule has 0 aromatic heterocycles. The second kappa shape index (κ2) is 7.34. The molecule has 0 bridgehead atoms. The van der Waals surface area contributed by atoms with Gasteiger partial charge in [0.25, 0.3) is 12.3 Å². The summed E-state index contributed by atoms with van der Waals surface area (Å²) in [6.07, 6.45) is 9.02. The van der Waals surface area contributed by atoms with Gasteiger partial charge >= 0.3 is 0 Å². The molecule has 0 saturated heterocycles. The second-order valence-electron chi connectivity index (χ2n) is 8.77. The molecular formula is C21H31NO3S. The van der Waals surface area contributed by atoms with Gasteiger partial charge in [0, 0.05) is 0 Å². The lowest BCUT2D eigenvalue weighted by Crippen LogP contribution is -2.41. The highest BCUT2D eigenvalue weighted by Gasteiger charge is 2.53. The topological polar surface area (TPSA) is 53.7 Å². The number of nitrogens with two attached hydrogens (primary N) is 1. The van der Waals surface area contributed by atoms with Crippen molar-refractivity contribution < 1.29 is 13.5 Å². The fourth-order valence-corrected chi connectivity index (χ4v) is 6.62. The fraction of sp³-hybridized carbons (Fsp3) is 0.714. The van der Waals surface area contributed by atoms with Crippen molar-refractivity contribution in [1.82, 2.24) is 0 Å². The van der Waals surface area contributed by atoms with E-state index < -0.39 is 0 Å². The summed E-state index contributed by atoms with van der Waals surface area (Å²) in [6.45, 7) is 7.24. The summed E-state index contributed by atoms with van der Waals surface area (Å²) < 4.78 is 10.3. The minimum Gasteiger partial charge on any atom is -0.398 e. The lowest BCUT2D eigenvalue weighted by molar-refractivity contribution is -0.199. The molecule has 0 heterocycles. The monoisotopic (exact) mass is 377 g/mol. The molecule has 144 valence electrons. The summed E-state index contributed by atoms with van der Waals surface area (Å²) in [5.74, 6) is 9.17. The van der Waals surface area contributed by atoms with Crippen LogP contribution in [-0.2, 0) is 22.2 Å². The Labute approximate surface area is 161 Å². The Morgan fingerprint density at radius 3 is 2.85 bits per heavy atom. The van der Waals surface area contributed by atoms with Crippen molar-refractivity contribution >= 4 is 12.3 Å². The van der Waals surface area contributed by atoms with Crippen LogP contribution in [0.4, 0.5) is 0 Å². The van der Waals surface area contributed by atoms with Crippen LogP contribution in [0.1, 0.15) is 75.5 Å². The summed E-state index contributed by atoms with van der Waals surface area (Å²) >= 11 is 0.774. The average Bonchev–Trinajstić information content (AvgIpc) is 2.96. The van der Waals surface area contributed by atoms with Crippen molar-refractivity contribution in [2.75, 3.05) is 0 Å². The maximum Gasteiger partial charge on any atom is 0.260 e. The van der Waals surface area contributed by atoms with Crippen LogP contribution in [0.2, 0.25) is 0 Å². The predicted octanol–water partition coefficient (Wildman–Crippen LogP) is 5.51. The lowest BCUT2D eigenvalue weighted by atomic mass is 9.54. The highest BCUT2D eigenvalue weighted by atomic mass is 32.2. The second-order valence-corrected chi connectivity index (χ2v) is 9.21. The summed E-state index contributed by atoms with van der Waals surface area (Å²) in [7, 11) is 0. The number of aryl methyl sites for hydroxylation is 2. The molecule has 0 aliphatic heterocycles. The van der Waals surface area contributed by atoms with Gasteiger partial charge in [-0.05, 0) is 96.8 Å². The highest BCUT2D eigenvalue weighted by molar-refractivity contribution is 7.90. The molecule has 2 saturated carbocycles. The van der Waals surface area contributed by atoms with Gasteiger partial charge in [-0.1, -0.05) is 26.8 Å². The van der Waals surface area contributed by atoms with Crippen molar-refractivity contribution in [3.63, 3.8) is 0 Å². The van der Waals surface area contributed by atoms with E-state index in [1.807, 2.05) is 0 Å². The minimum absolute atomic E-state index is 0.575. The average molecular weight is 378 g/mol. The molecule has 3 aliphatic carbocycles. The molecule has 5 atom stereocenters. The maximum atomic E-state index is 5.66. The fourth-order valence-electron chi connectivity index (χ4n) is 6.33. The first kappa shape index (κ1) is 18.6. The van der Waals surface area contributed by atoms with E-state index in [-0.39, 0.29) is 0 Å². The van der Waals surface area contributed by atoms with E-state index in [2.05, 4.69) is 42.2 Å². The van der Waals surface area contributed by atoms with Gasteiger partial charge in [-0.3, -0.25) is 0 Å². The third-order valence-electron chi connectivity index (χ3n) is 7.95. The molecule has 26 heavy (non-hydrogen) atoms. The van der Waals surface area contributed by atoms with Gasteiger partial charge in [0.05, 0.1) is 0 Å². The summed E-state index contributed by atoms with van der Waals surface area (Å²) in [6, 6.07) is 4.63. The molecule has 0 radical (unpaired) electrons. The van der Waals surface area contributed by atoms with Gasteiger partial charge in [0.1, 0.15) is 5.75 Å². The standard InChI is InChI=1S/C21H31NO3S/c1-4-14-11-18-15(12-20(14)23-26-25-24-22)6-7-17-16(18)9-10-21(3)13(2)5-8-19(17)21/h11-13,16-17,19H,4-10,22H2,1-3H3/t13-,16-,17+,19-,21+/m0/s1. The molecule has 1 aromatic rings. The Morgan fingerprint density at radius 1 is 1.23 bits per heavy atom. The van der Waals surface area contributed by atoms with Crippen molar-refractivity contribution in [1.29, 1.82) is 0 Å². The zero-order valence-corrected chi connectivity index (χ0v) is 16.9. The molecular weight excluding hydrogens is 346 g/mol. The van der Waals surface area contributed by atoms with Crippen LogP contribution < -0.4 is 10.1 Å². The van der Waals surface area contributed by atoms with E-state index in [4.69, 9.17) is 10.1 Å².